The van der Waals surface area contributed by atoms with Crippen LogP contribution >= 0.6 is 0 Å². The molecule has 1 saturated heterocycles. The summed E-state index contributed by atoms with van der Waals surface area (Å²) in [7, 11) is 1.73. The van der Waals surface area contributed by atoms with Gasteiger partial charge in [-0.1, -0.05) is 43.0 Å². The van der Waals surface area contributed by atoms with Crippen LogP contribution in [0.4, 0.5) is 5.69 Å². The lowest BCUT2D eigenvalue weighted by Gasteiger charge is -2.21. The highest BCUT2D eigenvalue weighted by molar-refractivity contribution is 5.79. The summed E-state index contributed by atoms with van der Waals surface area (Å²) in [5.74, 6) is 3.17. The number of methoxy groups -OCH3 is 1. The van der Waals surface area contributed by atoms with Gasteiger partial charge in [0.25, 0.3) is 0 Å². The molecule has 1 heterocycles. The smallest absolute Gasteiger partial charge is 0.191 e. The van der Waals surface area contributed by atoms with E-state index in [2.05, 4.69) is 41.2 Å². The third-order valence-electron chi connectivity index (χ3n) is 5.35. The van der Waals surface area contributed by atoms with Gasteiger partial charge in [0.1, 0.15) is 18.1 Å². The van der Waals surface area contributed by atoms with Crippen molar-refractivity contribution in [2.75, 3.05) is 44.8 Å². The lowest BCUT2D eigenvalue weighted by molar-refractivity contribution is 0.359. The van der Waals surface area contributed by atoms with Gasteiger partial charge in [0, 0.05) is 31.7 Å². The number of nitrogens with one attached hydrogen (secondary N) is 2. The van der Waals surface area contributed by atoms with E-state index in [0.29, 0.717) is 19.1 Å². The van der Waals surface area contributed by atoms with Crippen LogP contribution in [0.1, 0.15) is 18.9 Å². The van der Waals surface area contributed by atoms with E-state index in [1.807, 2.05) is 36.4 Å². The van der Waals surface area contributed by atoms with Crippen LogP contribution in [0.15, 0.2) is 66.2 Å². The van der Waals surface area contributed by atoms with Crippen molar-refractivity contribution in [2.45, 2.75) is 19.9 Å². The zero-order valence-electron chi connectivity index (χ0n) is 18.6. The van der Waals surface area contributed by atoms with Crippen LogP contribution in [0.5, 0.6) is 11.5 Å². The fraction of sp³-hybridized carbons (Fsp3) is 0.400. The summed E-state index contributed by atoms with van der Waals surface area (Å²) in [6.07, 6.45) is 2.89. The molecule has 0 bridgehead atoms. The normalized spacial score (nSPS) is 16.1. The van der Waals surface area contributed by atoms with Crippen LogP contribution in [-0.2, 0) is 6.54 Å². The first-order chi connectivity index (χ1) is 15.2. The SMILES string of the molecule is C=CCOc1ccccc1CN=C(NCC)NCC1CCN(c2ccccc2OC)C1. The number of rotatable bonds is 10. The Labute approximate surface area is 186 Å². The molecule has 2 aromatic carbocycles. The molecule has 0 aromatic heterocycles. The number of benzene rings is 2. The molecule has 3 rings (SSSR count). The fourth-order valence-corrected chi connectivity index (χ4v) is 3.78. The average molecular weight is 423 g/mol. The fourth-order valence-electron chi connectivity index (χ4n) is 3.78. The highest BCUT2D eigenvalue weighted by Gasteiger charge is 2.24. The van der Waals surface area contributed by atoms with Crippen molar-refractivity contribution in [3.63, 3.8) is 0 Å². The van der Waals surface area contributed by atoms with Crippen LogP contribution in [-0.4, -0.2) is 45.9 Å². The molecule has 1 fully saturated rings. The average Bonchev–Trinajstić information content (AvgIpc) is 3.29. The second-order valence-electron chi connectivity index (χ2n) is 7.56. The van der Waals surface area contributed by atoms with E-state index in [4.69, 9.17) is 14.5 Å². The van der Waals surface area contributed by atoms with Gasteiger partial charge in [0.15, 0.2) is 5.96 Å². The Bertz CT molecular complexity index is 868. The third-order valence-corrected chi connectivity index (χ3v) is 5.35. The number of hydrogen-bond donors (Lipinski definition) is 2. The summed E-state index contributed by atoms with van der Waals surface area (Å²) in [5, 5.41) is 6.87. The minimum Gasteiger partial charge on any atom is -0.495 e. The van der Waals surface area contributed by atoms with E-state index in [9.17, 15) is 0 Å². The van der Waals surface area contributed by atoms with Crippen LogP contribution < -0.4 is 25.0 Å². The van der Waals surface area contributed by atoms with Crippen molar-refractivity contribution < 1.29 is 9.47 Å². The van der Waals surface area contributed by atoms with Crippen LogP contribution in [0, 0.1) is 5.92 Å². The molecule has 2 N–H and O–H groups in total. The Hall–Kier alpha value is -3.15. The number of hydrogen-bond acceptors (Lipinski definition) is 4. The molecule has 31 heavy (non-hydrogen) atoms. The predicted molar refractivity (Wildman–Crippen MR) is 128 cm³/mol. The van der Waals surface area contributed by atoms with Crippen LogP contribution in [0.2, 0.25) is 0 Å². The Morgan fingerprint density at radius 1 is 1.16 bits per heavy atom. The molecular weight excluding hydrogens is 388 g/mol. The van der Waals surface area contributed by atoms with Gasteiger partial charge in [-0.25, -0.2) is 4.99 Å². The highest BCUT2D eigenvalue weighted by Crippen LogP contribution is 2.31. The molecule has 0 saturated carbocycles. The summed E-state index contributed by atoms with van der Waals surface area (Å²) >= 11 is 0. The van der Waals surface area contributed by atoms with Crippen LogP contribution in [0.3, 0.4) is 0 Å². The number of guanidine groups is 1. The monoisotopic (exact) mass is 422 g/mol. The molecule has 0 aliphatic carbocycles. The summed E-state index contributed by atoms with van der Waals surface area (Å²) in [6.45, 7) is 10.6. The minimum atomic E-state index is 0.490. The van der Waals surface area contributed by atoms with E-state index >= 15 is 0 Å². The lowest BCUT2D eigenvalue weighted by Crippen LogP contribution is -2.40. The molecule has 2 aromatic rings. The van der Waals surface area contributed by atoms with Crippen LogP contribution in [0.25, 0.3) is 0 Å². The van der Waals surface area contributed by atoms with Crippen molar-refractivity contribution in [3.05, 3.63) is 66.7 Å². The van der Waals surface area contributed by atoms with E-state index in [1.165, 1.54) is 5.69 Å². The number of para-hydroxylation sites is 3. The zero-order chi connectivity index (χ0) is 21.9. The van der Waals surface area contributed by atoms with E-state index in [0.717, 1.165) is 55.6 Å². The summed E-state index contributed by atoms with van der Waals surface area (Å²) in [5.41, 5.74) is 2.23. The Morgan fingerprint density at radius 2 is 1.94 bits per heavy atom. The van der Waals surface area contributed by atoms with Gasteiger partial charge >= 0.3 is 0 Å². The van der Waals surface area contributed by atoms with Gasteiger partial charge < -0.3 is 25.0 Å². The van der Waals surface area contributed by atoms with Gasteiger partial charge in [0.05, 0.1) is 19.3 Å². The van der Waals surface area contributed by atoms with E-state index in [-0.39, 0.29) is 0 Å². The van der Waals surface area contributed by atoms with Crippen molar-refractivity contribution in [1.82, 2.24) is 10.6 Å². The first kappa shape index (κ1) is 22.5. The maximum Gasteiger partial charge on any atom is 0.191 e. The molecule has 0 amide bonds. The largest absolute Gasteiger partial charge is 0.495 e. The molecule has 1 aliphatic heterocycles. The van der Waals surface area contributed by atoms with Gasteiger partial charge in [-0.15, -0.1) is 0 Å². The summed E-state index contributed by atoms with van der Waals surface area (Å²) in [4.78, 5) is 7.18. The summed E-state index contributed by atoms with van der Waals surface area (Å²) in [6, 6.07) is 16.2. The minimum absolute atomic E-state index is 0.490. The third kappa shape index (κ3) is 6.41. The van der Waals surface area contributed by atoms with E-state index in [1.54, 1.807) is 13.2 Å². The Morgan fingerprint density at radius 3 is 2.71 bits per heavy atom. The highest BCUT2D eigenvalue weighted by atomic mass is 16.5. The Balaban J connectivity index is 1.57. The molecule has 166 valence electrons. The van der Waals surface area contributed by atoms with Crippen molar-refractivity contribution in [2.24, 2.45) is 10.9 Å². The predicted octanol–water partition coefficient (Wildman–Crippen LogP) is 3.84. The maximum atomic E-state index is 5.75. The molecule has 6 nitrogen and oxygen atoms in total. The maximum absolute atomic E-state index is 5.75. The molecular formula is C25H34N4O2. The number of nitrogens with zero attached hydrogens (tertiary/aromatic N) is 2. The lowest BCUT2D eigenvalue weighted by atomic mass is 10.1. The van der Waals surface area contributed by atoms with Crippen molar-refractivity contribution in [3.8, 4) is 11.5 Å². The molecule has 6 heteroatoms. The number of ether oxygens (including phenoxy) is 2. The Kier molecular flexibility index (Phi) is 8.64. The second-order valence-corrected chi connectivity index (χ2v) is 7.56. The van der Waals surface area contributed by atoms with Crippen molar-refractivity contribution in [1.29, 1.82) is 0 Å². The molecule has 1 atom stereocenters. The zero-order valence-corrected chi connectivity index (χ0v) is 18.6. The van der Waals surface area contributed by atoms with Gasteiger partial charge in [-0.3, -0.25) is 0 Å². The number of aliphatic imine (C=N–C) groups is 1. The van der Waals surface area contributed by atoms with Gasteiger partial charge in [-0.2, -0.15) is 0 Å². The molecule has 1 aliphatic rings. The first-order valence-electron chi connectivity index (χ1n) is 11.0. The van der Waals surface area contributed by atoms with Crippen molar-refractivity contribution >= 4 is 11.6 Å². The molecule has 0 radical (unpaired) electrons. The quantitative estimate of drug-likeness (QED) is 0.346. The van der Waals surface area contributed by atoms with E-state index < -0.39 is 0 Å². The van der Waals surface area contributed by atoms with Gasteiger partial charge in [-0.05, 0) is 37.5 Å². The standard InChI is InChI=1S/C25H34N4O2/c1-4-16-31-23-12-8-6-10-21(23)18-28-25(26-5-2)27-17-20-14-15-29(19-20)22-11-7-9-13-24(22)30-3/h4,6-13,20H,1,5,14-19H2,2-3H3,(H2,26,27,28). The van der Waals surface area contributed by atoms with Gasteiger partial charge in [0.2, 0.25) is 0 Å². The summed E-state index contributed by atoms with van der Waals surface area (Å²) < 4.78 is 11.3. The molecule has 1 unspecified atom stereocenters. The topological polar surface area (TPSA) is 58.1 Å². The second kappa shape index (κ2) is 11.9. The molecule has 0 spiro atoms. The first-order valence-corrected chi connectivity index (χ1v) is 11.0. The number of anilines is 1.